The molecule has 0 fully saturated rings. The molecule has 1 N–H and O–H groups in total. The zero-order chi connectivity index (χ0) is 17.6. The highest BCUT2D eigenvalue weighted by Crippen LogP contribution is 2.11. The quantitative estimate of drug-likeness (QED) is 0.855. The number of benzene rings is 1. The number of aryl methyl sites for hydroxylation is 1. The van der Waals surface area contributed by atoms with E-state index >= 15 is 0 Å². The van der Waals surface area contributed by atoms with Crippen molar-refractivity contribution in [3.63, 3.8) is 0 Å². The molecular formula is C18H24N4O3. The number of carbonyl (C=O) groups is 1. The highest BCUT2D eigenvalue weighted by Gasteiger charge is 2.17. The molecule has 1 aromatic heterocycles. The van der Waals surface area contributed by atoms with Crippen molar-refractivity contribution in [2.24, 2.45) is 0 Å². The predicted molar refractivity (Wildman–Crippen MR) is 93.0 cm³/mol. The third-order valence-electron chi connectivity index (χ3n) is 4.47. The second kappa shape index (κ2) is 8.11. The maximum Gasteiger partial charge on any atom is 0.346 e. The summed E-state index contributed by atoms with van der Waals surface area (Å²) >= 11 is 0. The molecule has 0 saturated carbocycles. The maximum atomic E-state index is 12.4. The summed E-state index contributed by atoms with van der Waals surface area (Å²) in [5.74, 6) is 0.573. The predicted octanol–water partition coefficient (Wildman–Crippen LogP) is 1.23. The molecule has 0 spiro atoms. The molecule has 134 valence electrons. The van der Waals surface area contributed by atoms with Crippen molar-refractivity contribution in [2.45, 2.75) is 51.9 Å². The number of carbonyl (C=O) groups excluding carboxylic acids is 1. The van der Waals surface area contributed by atoms with Gasteiger partial charge in [0, 0.05) is 26.6 Å². The van der Waals surface area contributed by atoms with Crippen LogP contribution in [0.5, 0.6) is 0 Å². The smallest absolute Gasteiger partial charge is 0.346 e. The van der Waals surface area contributed by atoms with E-state index in [1.807, 2.05) is 24.3 Å². The zero-order valence-electron chi connectivity index (χ0n) is 14.5. The van der Waals surface area contributed by atoms with Crippen LogP contribution in [0.4, 0.5) is 0 Å². The van der Waals surface area contributed by atoms with E-state index in [1.165, 1.54) is 4.68 Å². The highest BCUT2D eigenvalue weighted by molar-refractivity contribution is 5.75. The van der Waals surface area contributed by atoms with Gasteiger partial charge < -0.3 is 10.1 Å². The summed E-state index contributed by atoms with van der Waals surface area (Å²) in [6, 6.07) is 7.80. The number of ether oxygens (including phenoxy) is 1. The molecular weight excluding hydrogens is 320 g/mol. The Morgan fingerprint density at radius 1 is 1.24 bits per heavy atom. The molecule has 0 saturated heterocycles. The van der Waals surface area contributed by atoms with Gasteiger partial charge >= 0.3 is 5.69 Å². The van der Waals surface area contributed by atoms with Crippen LogP contribution in [0.15, 0.2) is 29.1 Å². The van der Waals surface area contributed by atoms with E-state index < -0.39 is 0 Å². The van der Waals surface area contributed by atoms with Crippen molar-refractivity contribution in [3.8, 4) is 0 Å². The summed E-state index contributed by atoms with van der Waals surface area (Å²) in [7, 11) is 1.64. The topological polar surface area (TPSA) is 78.2 Å². The van der Waals surface area contributed by atoms with Crippen LogP contribution in [0.1, 0.15) is 36.2 Å². The summed E-state index contributed by atoms with van der Waals surface area (Å²) in [5.41, 5.74) is 1.86. The number of amides is 1. The van der Waals surface area contributed by atoms with Gasteiger partial charge in [-0.15, -0.1) is 0 Å². The fourth-order valence-corrected chi connectivity index (χ4v) is 3.14. The Labute approximate surface area is 146 Å². The largest absolute Gasteiger partial charge is 0.380 e. The molecule has 1 aliphatic rings. The lowest BCUT2D eigenvalue weighted by molar-refractivity contribution is -0.122. The molecule has 0 aliphatic carbocycles. The van der Waals surface area contributed by atoms with Gasteiger partial charge in [-0.3, -0.25) is 9.36 Å². The van der Waals surface area contributed by atoms with Gasteiger partial charge in [-0.05, 0) is 24.0 Å². The average molecular weight is 344 g/mol. The first kappa shape index (κ1) is 17.4. The monoisotopic (exact) mass is 344 g/mol. The summed E-state index contributed by atoms with van der Waals surface area (Å²) in [6.07, 6.45) is 3.94. The number of aromatic nitrogens is 3. The van der Waals surface area contributed by atoms with Crippen LogP contribution in [0, 0.1) is 0 Å². The van der Waals surface area contributed by atoms with Crippen LogP contribution in [0.25, 0.3) is 0 Å². The molecule has 7 nitrogen and oxygen atoms in total. The minimum Gasteiger partial charge on any atom is -0.380 e. The van der Waals surface area contributed by atoms with Crippen molar-refractivity contribution in [1.82, 2.24) is 19.7 Å². The fraction of sp³-hybridized carbons (Fsp3) is 0.500. The minimum absolute atomic E-state index is 0.0503. The number of hydrogen-bond donors (Lipinski definition) is 1. The van der Waals surface area contributed by atoms with Gasteiger partial charge in [0.1, 0.15) is 12.4 Å². The Balaban J connectivity index is 1.63. The second-order valence-electron chi connectivity index (χ2n) is 6.30. The Kier molecular flexibility index (Phi) is 5.65. The Bertz CT molecular complexity index is 794. The Morgan fingerprint density at radius 2 is 2.04 bits per heavy atom. The van der Waals surface area contributed by atoms with Gasteiger partial charge in [0.25, 0.3) is 0 Å². The molecule has 25 heavy (non-hydrogen) atoms. The van der Waals surface area contributed by atoms with Crippen LogP contribution >= 0.6 is 0 Å². The first-order valence-electron chi connectivity index (χ1n) is 8.68. The first-order valence-corrected chi connectivity index (χ1v) is 8.68. The Hall–Kier alpha value is -2.41. The number of nitrogens with zero attached hydrogens (tertiary/aromatic N) is 3. The SMILES string of the molecule is COCc1ccccc1CNC(=O)Cn1nc2n(c1=O)CCCCC2. The molecule has 1 aromatic carbocycles. The van der Waals surface area contributed by atoms with E-state index in [9.17, 15) is 9.59 Å². The minimum atomic E-state index is -0.220. The molecule has 1 aliphatic heterocycles. The van der Waals surface area contributed by atoms with E-state index in [1.54, 1.807) is 11.7 Å². The summed E-state index contributed by atoms with van der Waals surface area (Å²) in [6.45, 7) is 1.55. The van der Waals surface area contributed by atoms with E-state index in [4.69, 9.17) is 4.74 Å². The van der Waals surface area contributed by atoms with Gasteiger partial charge in [0.05, 0.1) is 6.61 Å². The molecule has 0 atom stereocenters. The number of fused-ring (bicyclic) bond motifs is 1. The number of rotatable bonds is 6. The fourth-order valence-electron chi connectivity index (χ4n) is 3.14. The Morgan fingerprint density at radius 3 is 2.84 bits per heavy atom. The zero-order valence-corrected chi connectivity index (χ0v) is 14.5. The number of methoxy groups -OCH3 is 1. The van der Waals surface area contributed by atoms with Crippen molar-refractivity contribution >= 4 is 5.91 Å². The third kappa shape index (κ3) is 4.17. The standard InChI is InChI=1S/C18H24N4O3/c1-25-13-15-8-5-4-7-14(15)11-19-17(23)12-22-18(24)21-10-6-2-3-9-16(21)20-22/h4-5,7-8H,2-3,6,9-13H2,1H3,(H,19,23). The lowest BCUT2D eigenvalue weighted by Gasteiger charge is -2.10. The van der Waals surface area contributed by atoms with Crippen molar-refractivity contribution in [1.29, 1.82) is 0 Å². The van der Waals surface area contributed by atoms with Crippen LogP contribution in [0.2, 0.25) is 0 Å². The lowest BCUT2D eigenvalue weighted by atomic mass is 10.1. The molecule has 7 heteroatoms. The molecule has 2 aromatic rings. The van der Waals surface area contributed by atoms with E-state index in [2.05, 4.69) is 10.4 Å². The van der Waals surface area contributed by atoms with Crippen LogP contribution in [0.3, 0.4) is 0 Å². The van der Waals surface area contributed by atoms with Gasteiger partial charge in [0.15, 0.2) is 0 Å². The summed E-state index contributed by atoms with van der Waals surface area (Å²) in [4.78, 5) is 24.6. The van der Waals surface area contributed by atoms with Gasteiger partial charge in [-0.2, -0.15) is 5.10 Å². The van der Waals surface area contributed by atoms with Gasteiger partial charge in [0.2, 0.25) is 5.91 Å². The summed E-state index contributed by atoms with van der Waals surface area (Å²) in [5, 5.41) is 7.20. The van der Waals surface area contributed by atoms with Gasteiger partial charge in [-0.1, -0.05) is 30.7 Å². The van der Waals surface area contributed by atoms with Crippen molar-refractivity contribution in [3.05, 3.63) is 51.7 Å². The molecule has 2 heterocycles. The third-order valence-corrected chi connectivity index (χ3v) is 4.47. The van der Waals surface area contributed by atoms with Crippen LogP contribution in [-0.2, 0) is 42.2 Å². The number of nitrogens with one attached hydrogen (secondary N) is 1. The lowest BCUT2D eigenvalue weighted by Crippen LogP contribution is -2.33. The molecule has 0 unspecified atom stereocenters. The normalized spacial score (nSPS) is 14.0. The maximum absolute atomic E-state index is 12.4. The molecule has 0 radical (unpaired) electrons. The van der Waals surface area contributed by atoms with Crippen molar-refractivity contribution < 1.29 is 9.53 Å². The van der Waals surface area contributed by atoms with E-state index in [0.29, 0.717) is 19.7 Å². The molecule has 1 amide bonds. The summed E-state index contributed by atoms with van der Waals surface area (Å²) < 4.78 is 8.15. The highest BCUT2D eigenvalue weighted by atomic mass is 16.5. The van der Waals surface area contributed by atoms with Gasteiger partial charge in [-0.25, -0.2) is 9.48 Å². The number of hydrogen-bond acceptors (Lipinski definition) is 4. The average Bonchev–Trinajstić information content (AvgIpc) is 2.78. The van der Waals surface area contributed by atoms with Crippen LogP contribution < -0.4 is 11.0 Å². The molecule has 3 rings (SSSR count). The van der Waals surface area contributed by atoms with E-state index in [-0.39, 0.29) is 18.1 Å². The van der Waals surface area contributed by atoms with Crippen LogP contribution in [-0.4, -0.2) is 27.4 Å². The van der Waals surface area contributed by atoms with Crippen molar-refractivity contribution in [2.75, 3.05) is 7.11 Å². The first-order chi connectivity index (χ1) is 12.2. The van der Waals surface area contributed by atoms with E-state index in [0.717, 1.165) is 42.6 Å². The molecule has 0 bridgehead atoms. The second-order valence-corrected chi connectivity index (χ2v) is 6.30.